The summed E-state index contributed by atoms with van der Waals surface area (Å²) >= 11 is 0. The van der Waals surface area contributed by atoms with Crippen LogP contribution in [-0.2, 0) is 0 Å². The number of nitrogens with zero attached hydrogens (tertiary/aromatic N) is 3. The summed E-state index contributed by atoms with van der Waals surface area (Å²) in [5, 5.41) is 12.9. The van der Waals surface area contributed by atoms with Crippen LogP contribution in [-0.4, -0.2) is 16.4 Å². The maximum absolute atomic E-state index is 8.84. The molecule has 0 fully saturated rings. The second kappa shape index (κ2) is 4.58. The molecule has 2 aromatic rings. The van der Waals surface area contributed by atoms with Gasteiger partial charge in [-0.1, -0.05) is 12.1 Å². The first-order valence-corrected chi connectivity index (χ1v) is 5.23. The molecule has 2 N–H and O–H groups in total. The molecule has 17 heavy (non-hydrogen) atoms. The number of anilines is 1. The molecule has 0 spiro atoms. The largest absolute Gasteiger partial charge is 0.492 e. The van der Waals surface area contributed by atoms with Crippen LogP contribution in [0, 0.1) is 11.3 Å². The maximum Gasteiger partial charge on any atom is 0.145 e. The standard InChI is InChI=1S/C12H12N4O/c1-2-17-11-6-4-3-5-10(11)16-12(14)9(7-13)8-15-16/h3-6,8H,2,14H2,1H3. The third-order valence-corrected chi connectivity index (χ3v) is 2.32. The van der Waals surface area contributed by atoms with Crippen molar-refractivity contribution in [3.05, 3.63) is 36.0 Å². The van der Waals surface area contributed by atoms with Gasteiger partial charge in [-0.15, -0.1) is 0 Å². The minimum absolute atomic E-state index is 0.319. The Balaban J connectivity index is 2.53. The Morgan fingerprint density at radius 3 is 2.88 bits per heavy atom. The number of nitrogens with two attached hydrogens (primary N) is 1. The van der Waals surface area contributed by atoms with Crippen molar-refractivity contribution in [1.82, 2.24) is 9.78 Å². The molecule has 0 bridgehead atoms. The van der Waals surface area contributed by atoms with Gasteiger partial charge in [0.2, 0.25) is 0 Å². The fourth-order valence-electron chi connectivity index (χ4n) is 1.55. The summed E-state index contributed by atoms with van der Waals surface area (Å²) in [6, 6.07) is 9.41. The number of aromatic nitrogens is 2. The summed E-state index contributed by atoms with van der Waals surface area (Å²) in [5.41, 5.74) is 6.92. The van der Waals surface area contributed by atoms with E-state index in [0.29, 0.717) is 23.7 Å². The molecule has 0 saturated heterocycles. The van der Waals surface area contributed by atoms with E-state index in [1.54, 1.807) is 0 Å². The van der Waals surface area contributed by atoms with Gasteiger partial charge in [-0.2, -0.15) is 10.4 Å². The van der Waals surface area contributed by atoms with Crippen LogP contribution in [0.5, 0.6) is 5.75 Å². The number of nitriles is 1. The first kappa shape index (κ1) is 11.0. The number of hydrogen-bond acceptors (Lipinski definition) is 4. The van der Waals surface area contributed by atoms with E-state index in [4.69, 9.17) is 15.7 Å². The van der Waals surface area contributed by atoms with Gasteiger partial charge in [0.05, 0.1) is 12.8 Å². The number of ether oxygens (including phenoxy) is 1. The fraction of sp³-hybridized carbons (Fsp3) is 0.167. The van der Waals surface area contributed by atoms with Crippen molar-refractivity contribution < 1.29 is 4.74 Å². The van der Waals surface area contributed by atoms with E-state index in [1.807, 2.05) is 37.3 Å². The zero-order valence-electron chi connectivity index (χ0n) is 9.42. The van der Waals surface area contributed by atoms with Crippen LogP contribution in [0.3, 0.4) is 0 Å². The Morgan fingerprint density at radius 1 is 1.47 bits per heavy atom. The Labute approximate surface area is 99.0 Å². The summed E-state index contributed by atoms with van der Waals surface area (Å²) in [6.45, 7) is 2.47. The molecule has 2 rings (SSSR count). The molecule has 0 radical (unpaired) electrons. The van der Waals surface area contributed by atoms with Crippen LogP contribution in [0.1, 0.15) is 12.5 Å². The maximum atomic E-state index is 8.84. The zero-order valence-corrected chi connectivity index (χ0v) is 9.42. The smallest absolute Gasteiger partial charge is 0.145 e. The van der Waals surface area contributed by atoms with Gasteiger partial charge in [0.15, 0.2) is 0 Å². The third kappa shape index (κ3) is 1.93. The van der Waals surface area contributed by atoms with Crippen LogP contribution < -0.4 is 10.5 Å². The van der Waals surface area contributed by atoms with Crippen molar-refractivity contribution in [2.24, 2.45) is 0 Å². The molecule has 1 aromatic carbocycles. The van der Waals surface area contributed by atoms with Crippen LogP contribution in [0.4, 0.5) is 5.82 Å². The lowest BCUT2D eigenvalue weighted by molar-refractivity contribution is 0.338. The first-order chi connectivity index (χ1) is 8.27. The third-order valence-electron chi connectivity index (χ3n) is 2.32. The predicted molar refractivity (Wildman–Crippen MR) is 63.9 cm³/mol. The number of hydrogen-bond donors (Lipinski definition) is 1. The highest BCUT2D eigenvalue weighted by molar-refractivity contribution is 5.56. The minimum Gasteiger partial charge on any atom is -0.492 e. The van der Waals surface area contributed by atoms with Crippen molar-refractivity contribution in [1.29, 1.82) is 5.26 Å². The van der Waals surface area contributed by atoms with Crippen LogP contribution in [0.15, 0.2) is 30.5 Å². The van der Waals surface area contributed by atoms with Crippen LogP contribution in [0.25, 0.3) is 5.69 Å². The van der Waals surface area contributed by atoms with E-state index in [1.165, 1.54) is 10.9 Å². The molecule has 0 aliphatic heterocycles. The number of nitrogen functional groups attached to an aromatic ring is 1. The van der Waals surface area contributed by atoms with Gasteiger partial charge >= 0.3 is 0 Å². The Kier molecular flexibility index (Phi) is 2.97. The van der Waals surface area contributed by atoms with Gasteiger partial charge in [-0.25, -0.2) is 4.68 Å². The SMILES string of the molecule is CCOc1ccccc1-n1ncc(C#N)c1N. The molecule has 0 unspecified atom stereocenters. The van der Waals surface area contributed by atoms with E-state index in [-0.39, 0.29) is 0 Å². The molecule has 5 nitrogen and oxygen atoms in total. The summed E-state index contributed by atoms with van der Waals surface area (Å²) in [4.78, 5) is 0. The van der Waals surface area contributed by atoms with Crippen molar-refractivity contribution in [3.63, 3.8) is 0 Å². The molecule has 0 aliphatic rings. The van der Waals surface area contributed by atoms with Gasteiger partial charge in [0.1, 0.15) is 28.9 Å². The Bertz CT molecular complexity index is 568. The topological polar surface area (TPSA) is 76.9 Å². The first-order valence-electron chi connectivity index (χ1n) is 5.23. The monoisotopic (exact) mass is 228 g/mol. The molecule has 0 atom stereocenters. The highest BCUT2D eigenvalue weighted by Gasteiger charge is 2.12. The Morgan fingerprint density at radius 2 is 2.24 bits per heavy atom. The summed E-state index contributed by atoms with van der Waals surface area (Å²) in [7, 11) is 0. The molecule has 0 aliphatic carbocycles. The molecule has 0 amide bonds. The van der Waals surface area contributed by atoms with Gasteiger partial charge in [-0.05, 0) is 19.1 Å². The zero-order chi connectivity index (χ0) is 12.3. The minimum atomic E-state index is 0.319. The quantitative estimate of drug-likeness (QED) is 0.867. The van der Waals surface area contributed by atoms with E-state index in [2.05, 4.69) is 5.10 Å². The van der Waals surface area contributed by atoms with Gasteiger partial charge < -0.3 is 10.5 Å². The van der Waals surface area contributed by atoms with Gasteiger partial charge in [0.25, 0.3) is 0 Å². The van der Waals surface area contributed by atoms with Crippen molar-refractivity contribution in [2.75, 3.05) is 12.3 Å². The van der Waals surface area contributed by atoms with E-state index >= 15 is 0 Å². The summed E-state index contributed by atoms with van der Waals surface area (Å²) in [6.07, 6.45) is 1.44. The number of benzene rings is 1. The highest BCUT2D eigenvalue weighted by atomic mass is 16.5. The lowest BCUT2D eigenvalue weighted by atomic mass is 10.3. The van der Waals surface area contributed by atoms with Crippen molar-refractivity contribution in [3.8, 4) is 17.5 Å². The van der Waals surface area contributed by atoms with Crippen LogP contribution >= 0.6 is 0 Å². The second-order valence-electron chi connectivity index (χ2n) is 3.37. The van der Waals surface area contributed by atoms with E-state index in [9.17, 15) is 0 Å². The molecule has 0 saturated carbocycles. The molecular formula is C12H12N4O. The van der Waals surface area contributed by atoms with Gasteiger partial charge in [0, 0.05) is 0 Å². The number of rotatable bonds is 3. The fourth-order valence-corrected chi connectivity index (χ4v) is 1.55. The second-order valence-corrected chi connectivity index (χ2v) is 3.37. The van der Waals surface area contributed by atoms with E-state index in [0.717, 1.165) is 5.69 Å². The summed E-state index contributed by atoms with van der Waals surface area (Å²) < 4.78 is 6.99. The van der Waals surface area contributed by atoms with Crippen molar-refractivity contribution in [2.45, 2.75) is 6.92 Å². The molecular weight excluding hydrogens is 216 g/mol. The molecule has 1 heterocycles. The average molecular weight is 228 g/mol. The summed E-state index contributed by atoms with van der Waals surface area (Å²) in [5.74, 6) is 1.01. The van der Waals surface area contributed by atoms with Crippen molar-refractivity contribution >= 4 is 5.82 Å². The highest BCUT2D eigenvalue weighted by Crippen LogP contribution is 2.25. The lowest BCUT2D eigenvalue weighted by Gasteiger charge is -2.10. The molecule has 5 heteroatoms. The predicted octanol–water partition coefficient (Wildman–Crippen LogP) is 1.72. The molecule has 86 valence electrons. The van der Waals surface area contributed by atoms with Crippen LogP contribution in [0.2, 0.25) is 0 Å². The van der Waals surface area contributed by atoms with E-state index < -0.39 is 0 Å². The lowest BCUT2D eigenvalue weighted by Crippen LogP contribution is -2.05. The van der Waals surface area contributed by atoms with Gasteiger partial charge in [-0.3, -0.25) is 0 Å². The Hall–Kier alpha value is -2.48. The normalized spacial score (nSPS) is 9.88. The molecule has 1 aromatic heterocycles. The average Bonchev–Trinajstić information content (AvgIpc) is 2.72. The number of para-hydroxylation sites is 2.